The van der Waals surface area contributed by atoms with Gasteiger partial charge in [-0.25, -0.2) is 19.3 Å². The predicted molar refractivity (Wildman–Crippen MR) is 94.3 cm³/mol. The van der Waals surface area contributed by atoms with Crippen LogP contribution in [0.3, 0.4) is 0 Å². The van der Waals surface area contributed by atoms with Crippen LogP contribution in [0.15, 0.2) is 23.3 Å². The van der Waals surface area contributed by atoms with Crippen molar-refractivity contribution in [3.05, 3.63) is 40.3 Å². The largest absolute Gasteiger partial charge is 0.496 e. The van der Waals surface area contributed by atoms with Crippen molar-refractivity contribution >= 4 is 16.9 Å². The van der Waals surface area contributed by atoms with Crippen molar-refractivity contribution in [3.63, 3.8) is 0 Å². The number of methoxy groups -OCH3 is 1. The van der Waals surface area contributed by atoms with Crippen LogP contribution in [0.1, 0.15) is 11.4 Å². The number of alkyl halides is 3. The van der Waals surface area contributed by atoms with Crippen LogP contribution in [0, 0.1) is 19.3 Å². The molecule has 0 amide bonds. The van der Waals surface area contributed by atoms with Crippen molar-refractivity contribution in [1.82, 2.24) is 24.5 Å². The number of fused-ring (bicyclic) bond motifs is 1. The molecule has 3 aromatic rings. The molecule has 0 unspecified atom stereocenters. The maximum atomic E-state index is 13.4. The number of hydrogen-bond donors (Lipinski definition) is 1. The molecule has 0 radical (unpaired) electrons. The number of ether oxygens (including phenoxy) is 1. The molecule has 0 saturated heterocycles. The number of pyridine rings is 1. The van der Waals surface area contributed by atoms with E-state index in [9.17, 15) is 18.0 Å². The number of halogens is 3. The number of nitrogens with zero attached hydrogens (tertiary/aromatic N) is 5. The summed E-state index contributed by atoms with van der Waals surface area (Å²) in [6.45, 7) is 1.54. The number of rotatable bonds is 4. The maximum Gasteiger partial charge on any atom is 0.433 e. The first kappa shape index (κ1) is 19.1. The van der Waals surface area contributed by atoms with Crippen LogP contribution in [-0.2, 0) is 6.18 Å². The summed E-state index contributed by atoms with van der Waals surface area (Å²) in [5, 5.41) is 2.76. The fourth-order valence-electron chi connectivity index (χ4n) is 2.56. The lowest BCUT2D eigenvalue weighted by Crippen LogP contribution is -2.27. The van der Waals surface area contributed by atoms with E-state index in [0.717, 1.165) is 10.6 Å². The van der Waals surface area contributed by atoms with Gasteiger partial charge in [0.05, 0.1) is 19.3 Å². The second-order valence-corrected chi connectivity index (χ2v) is 5.51. The highest BCUT2D eigenvalue weighted by Crippen LogP contribution is 2.36. The van der Waals surface area contributed by atoms with Gasteiger partial charge in [0.15, 0.2) is 17.2 Å². The second kappa shape index (κ2) is 7.15. The Kier molecular flexibility index (Phi) is 4.87. The molecular weight excluding hydrogens is 377 g/mol. The molecule has 0 aliphatic heterocycles. The van der Waals surface area contributed by atoms with Crippen molar-refractivity contribution in [2.75, 3.05) is 19.0 Å². The third kappa shape index (κ3) is 3.32. The minimum Gasteiger partial charge on any atom is -0.496 e. The van der Waals surface area contributed by atoms with E-state index in [4.69, 9.17) is 11.2 Å². The fourth-order valence-corrected chi connectivity index (χ4v) is 2.56. The SMILES string of the molecule is C#CCNc1nc(=O)n(-c2nccnc2C)c2nc(C(F)(F)F)cc(OC)c12. The average Bonchev–Trinajstić information content (AvgIpc) is 2.65. The summed E-state index contributed by atoms with van der Waals surface area (Å²) in [6.07, 6.45) is 3.13. The number of hydrogen-bond acceptors (Lipinski definition) is 7. The zero-order valence-electron chi connectivity index (χ0n) is 14.7. The molecule has 0 aliphatic rings. The quantitative estimate of drug-likeness (QED) is 0.681. The molecular formula is C17H13F3N6O2. The van der Waals surface area contributed by atoms with Crippen LogP contribution in [0.25, 0.3) is 16.9 Å². The van der Waals surface area contributed by atoms with Gasteiger partial charge in [0.1, 0.15) is 17.0 Å². The Labute approximate surface area is 156 Å². The van der Waals surface area contributed by atoms with E-state index >= 15 is 0 Å². The molecule has 8 nitrogen and oxygen atoms in total. The van der Waals surface area contributed by atoms with E-state index in [0.29, 0.717) is 5.69 Å². The van der Waals surface area contributed by atoms with Crippen LogP contribution in [-0.4, -0.2) is 38.2 Å². The number of terminal acetylenes is 1. The summed E-state index contributed by atoms with van der Waals surface area (Å²) in [4.78, 5) is 28.3. The van der Waals surface area contributed by atoms with E-state index in [1.165, 1.54) is 19.5 Å². The predicted octanol–water partition coefficient (Wildman–Crippen LogP) is 1.95. The van der Waals surface area contributed by atoms with Crippen molar-refractivity contribution in [2.45, 2.75) is 13.1 Å². The topological polar surface area (TPSA) is 94.8 Å². The van der Waals surface area contributed by atoms with E-state index in [1.807, 2.05) is 0 Å². The van der Waals surface area contributed by atoms with E-state index in [1.54, 1.807) is 6.92 Å². The Morgan fingerprint density at radius 1 is 1.29 bits per heavy atom. The lowest BCUT2D eigenvalue weighted by molar-refractivity contribution is -0.141. The smallest absolute Gasteiger partial charge is 0.433 e. The number of aromatic nitrogens is 5. The van der Waals surface area contributed by atoms with Crippen molar-refractivity contribution in [3.8, 4) is 23.9 Å². The summed E-state index contributed by atoms with van der Waals surface area (Å²) in [5.41, 5.74) is -2.17. The molecule has 28 heavy (non-hydrogen) atoms. The normalized spacial score (nSPS) is 11.3. The van der Waals surface area contributed by atoms with Gasteiger partial charge in [0, 0.05) is 18.5 Å². The first-order chi connectivity index (χ1) is 13.3. The molecule has 11 heteroatoms. The van der Waals surface area contributed by atoms with Gasteiger partial charge in [-0.2, -0.15) is 18.2 Å². The van der Waals surface area contributed by atoms with Crippen LogP contribution in [0.4, 0.5) is 19.0 Å². The van der Waals surface area contributed by atoms with Crippen molar-refractivity contribution < 1.29 is 17.9 Å². The number of anilines is 1. The molecule has 0 spiro atoms. The highest BCUT2D eigenvalue weighted by Gasteiger charge is 2.35. The first-order valence-electron chi connectivity index (χ1n) is 7.82. The van der Waals surface area contributed by atoms with Gasteiger partial charge in [-0.05, 0) is 6.92 Å². The Bertz CT molecular complexity index is 1150. The Hall–Kier alpha value is -3.68. The summed E-state index contributed by atoms with van der Waals surface area (Å²) in [5.74, 6) is 2.08. The summed E-state index contributed by atoms with van der Waals surface area (Å²) in [7, 11) is 1.20. The van der Waals surface area contributed by atoms with Gasteiger partial charge in [0.2, 0.25) is 0 Å². The van der Waals surface area contributed by atoms with E-state index in [-0.39, 0.29) is 35.0 Å². The molecule has 0 aromatic carbocycles. The van der Waals surface area contributed by atoms with Gasteiger partial charge >= 0.3 is 11.9 Å². The molecule has 0 fully saturated rings. The van der Waals surface area contributed by atoms with Gasteiger partial charge in [-0.15, -0.1) is 6.42 Å². The molecule has 3 aromatic heterocycles. The third-order valence-electron chi connectivity index (χ3n) is 3.75. The molecule has 1 N–H and O–H groups in total. The molecule has 0 aliphatic carbocycles. The minimum absolute atomic E-state index is 0.00220. The molecule has 3 rings (SSSR count). The zero-order valence-corrected chi connectivity index (χ0v) is 14.7. The lowest BCUT2D eigenvalue weighted by atomic mass is 10.2. The molecule has 0 saturated carbocycles. The van der Waals surface area contributed by atoms with Crippen LogP contribution in [0.5, 0.6) is 5.75 Å². The maximum absolute atomic E-state index is 13.4. The number of nitrogens with one attached hydrogen (secondary N) is 1. The monoisotopic (exact) mass is 390 g/mol. The highest BCUT2D eigenvalue weighted by molar-refractivity contribution is 5.93. The summed E-state index contributed by atoms with van der Waals surface area (Å²) < 4.78 is 46.1. The van der Waals surface area contributed by atoms with Crippen LogP contribution >= 0.6 is 0 Å². The van der Waals surface area contributed by atoms with Crippen molar-refractivity contribution in [2.24, 2.45) is 0 Å². The summed E-state index contributed by atoms with van der Waals surface area (Å²) >= 11 is 0. The van der Waals surface area contributed by atoms with Gasteiger partial charge in [-0.3, -0.25) is 4.98 Å². The second-order valence-electron chi connectivity index (χ2n) is 5.51. The first-order valence-corrected chi connectivity index (χ1v) is 7.82. The van der Waals surface area contributed by atoms with E-state index in [2.05, 4.69) is 31.2 Å². The van der Waals surface area contributed by atoms with Gasteiger partial charge in [-0.1, -0.05) is 5.92 Å². The Morgan fingerprint density at radius 2 is 2.00 bits per heavy atom. The third-order valence-corrected chi connectivity index (χ3v) is 3.75. The van der Waals surface area contributed by atoms with Gasteiger partial charge < -0.3 is 10.1 Å². The van der Waals surface area contributed by atoms with Crippen LogP contribution in [0.2, 0.25) is 0 Å². The van der Waals surface area contributed by atoms with Crippen molar-refractivity contribution in [1.29, 1.82) is 0 Å². The average molecular weight is 390 g/mol. The molecule has 144 valence electrons. The molecule has 0 bridgehead atoms. The lowest BCUT2D eigenvalue weighted by Gasteiger charge is -2.17. The zero-order chi connectivity index (χ0) is 20.5. The standard InChI is InChI=1S/C17H13F3N6O2/c1-4-5-22-13-12-10(28-3)8-11(17(18,19)20)24-15(12)26(16(27)25-13)14-9(2)21-6-7-23-14/h1,6-8H,5H2,2-3H3,(H,22,25,27). The Morgan fingerprint density at radius 3 is 2.61 bits per heavy atom. The Balaban J connectivity index is 2.50. The fraction of sp³-hybridized carbons (Fsp3) is 0.235. The van der Waals surface area contributed by atoms with Gasteiger partial charge in [0.25, 0.3) is 0 Å². The minimum atomic E-state index is -4.77. The molecule has 0 atom stereocenters. The van der Waals surface area contributed by atoms with E-state index < -0.39 is 17.6 Å². The molecule has 3 heterocycles. The van der Waals surface area contributed by atoms with Crippen LogP contribution < -0.4 is 15.7 Å². The summed E-state index contributed by atoms with van der Waals surface area (Å²) in [6, 6.07) is 0.726. The highest BCUT2D eigenvalue weighted by atomic mass is 19.4. The number of aryl methyl sites for hydroxylation is 1.